The van der Waals surface area contributed by atoms with E-state index in [2.05, 4.69) is 19.9 Å². The molecule has 0 unspecified atom stereocenters. The van der Waals surface area contributed by atoms with Crippen molar-refractivity contribution >= 4 is 17.7 Å². The van der Waals surface area contributed by atoms with Crippen LogP contribution in [-0.2, 0) is 11.3 Å². The van der Waals surface area contributed by atoms with Crippen LogP contribution in [0.15, 0.2) is 35.4 Å². The van der Waals surface area contributed by atoms with Crippen LogP contribution in [0.1, 0.15) is 12.8 Å². The van der Waals surface area contributed by atoms with E-state index in [0.29, 0.717) is 26.2 Å². The van der Waals surface area contributed by atoms with E-state index < -0.39 is 0 Å². The van der Waals surface area contributed by atoms with Crippen LogP contribution in [0.3, 0.4) is 0 Å². The largest absolute Gasteiger partial charge is 0.353 e. The molecule has 0 atom stereocenters. The van der Waals surface area contributed by atoms with Gasteiger partial charge in [-0.1, -0.05) is 0 Å². The van der Waals surface area contributed by atoms with Gasteiger partial charge in [0.2, 0.25) is 11.9 Å². The lowest BCUT2D eigenvalue weighted by Gasteiger charge is -2.35. The third kappa shape index (κ3) is 3.91. The van der Waals surface area contributed by atoms with Crippen LogP contribution < -0.4 is 15.4 Å². The lowest BCUT2D eigenvalue weighted by molar-refractivity contribution is -0.132. The first-order valence-corrected chi connectivity index (χ1v) is 9.33. The molecule has 0 spiro atoms. The number of hydrogen-bond donors (Lipinski definition) is 0. The molecule has 142 valence electrons. The van der Waals surface area contributed by atoms with Crippen molar-refractivity contribution in [2.75, 3.05) is 49.1 Å². The lowest BCUT2D eigenvalue weighted by atomic mass is 10.3. The number of carbonyl (C=O) groups is 1. The lowest BCUT2D eigenvalue weighted by Crippen LogP contribution is -2.50. The second-order valence-corrected chi connectivity index (χ2v) is 6.80. The normalized spacial score (nSPS) is 17.4. The second kappa shape index (κ2) is 7.73. The molecule has 2 aliphatic rings. The molecular formula is C18H23N7O2. The van der Waals surface area contributed by atoms with Gasteiger partial charge in [0.15, 0.2) is 0 Å². The van der Waals surface area contributed by atoms with Crippen molar-refractivity contribution in [2.45, 2.75) is 19.4 Å². The van der Waals surface area contributed by atoms with E-state index in [9.17, 15) is 9.59 Å². The summed E-state index contributed by atoms with van der Waals surface area (Å²) in [5, 5.41) is 3.95. The zero-order valence-corrected chi connectivity index (χ0v) is 15.2. The van der Waals surface area contributed by atoms with E-state index in [-0.39, 0.29) is 18.0 Å². The number of nitrogens with zero attached hydrogens (tertiary/aromatic N) is 7. The Bertz CT molecular complexity index is 855. The van der Waals surface area contributed by atoms with Gasteiger partial charge in [-0.05, 0) is 25.0 Å². The Morgan fingerprint density at radius 3 is 2.48 bits per heavy atom. The van der Waals surface area contributed by atoms with Gasteiger partial charge in [-0.3, -0.25) is 9.59 Å². The zero-order chi connectivity index (χ0) is 18.6. The summed E-state index contributed by atoms with van der Waals surface area (Å²) < 4.78 is 1.20. The number of amides is 1. The molecule has 4 heterocycles. The summed E-state index contributed by atoms with van der Waals surface area (Å²) in [5.74, 6) is 1.61. The quantitative estimate of drug-likeness (QED) is 0.749. The van der Waals surface area contributed by atoms with Gasteiger partial charge in [0.05, 0.1) is 0 Å². The van der Waals surface area contributed by atoms with E-state index in [1.807, 2.05) is 6.07 Å². The zero-order valence-electron chi connectivity index (χ0n) is 15.2. The Morgan fingerprint density at radius 1 is 0.963 bits per heavy atom. The summed E-state index contributed by atoms with van der Waals surface area (Å²) in [4.78, 5) is 39.5. The number of aromatic nitrogens is 4. The van der Waals surface area contributed by atoms with Crippen molar-refractivity contribution in [1.82, 2.24) is 24.6 Å². The second-order valence-electron chi connectivity index (χ2n) is 6.80. The summed E-state index contributed by atoms with van der Waals surface area (Å²) >= 11 is 0. The molecule has 4 rings (SSSR count). The Labute approximate surface area is 157 Å². The fourth-order valence-electron chi connectivity index (χ4n) is 3.50. The van der Waals surface area contributed by atoms with Gasteiger partial charge in [-0.15, -0.1) is 0 Å². The predicted molar refractivity (Wildman–Crippen MR) is 101 cm³/mol. The van der Waals surface area contributed by atoms with Crippen molar-refractivity contribution in [3.63, 3.8) is 0 Å². The van der Waals surface area contributed by atoms with Crippen LogP contribution in [0, 0.1) is 0 Å². The summed E-state index contributed by atoms with van der Waals surface area (Å²) in [6.45, 7) is 4.62. The van der Waals surface area contributed by atoms with Gasteiger partial charge in [0.25, 0.3) is 5.56 Å². The third-order valence-electron chi connectivity index (χ3n) is 5.04. The average Bonchev–Trinajstić information content (AvgIpc) is 3.25. The third-order valence-corrected chi connectivity index (χ3v) is 5.04. The highest BCUT2D eigenvalue weighted by molar-refractivity contribution is 5.76. The Balaban J connectivity index is 1.36. The first kappa shape index (κ1) is 17.4. The van der Waals surface area contributed by atoms with Gasteiger partial charge in [0, 0.05) is 57.7 Å². The molecule has 2 aromatic rings. The van der Waals surface area contributed by atoms with E-state index in [1.165, 1.54) is 29.8 Å². The van der Waals surface area contributed by atoms with Gasteiger partial charge >= 0.3 is 0 Å². The number of carbonyl (C=O) groups excluding carboxylic acids is 1. The van der Waals surface area contributed by atoms with E-state index in [1.54, 1.807) is 17.2 Å². The molecular weight excluding hydrogens is 346 g/mol. The van der Waals surface area contributed by atoms with Crippen LogP contribution in [-0.4, -0.2) is 69.8 Å². The highest BCUT2D eigenvalue weighted by Crippen LogP contribution is 2.20. The van der Waals surface area contributed by atoms with Crippen molar-refractivity contribution in [1.29, 1.82) is 0 Å². The summed E-state index contributed by atoms with van der Waals surface area (Å²) in [6.07, 6.45) is 5.70. The molecule has 1 amide bonds. The van der Waals surface area contributed by atoms with E-state index >= 15 is 0 Å². The molecule has 0 radical (unpaired) electrons. The minimum Gasteiger partial charge on any atom is -0.353 e. The maximum absolute atomic E-state index is 12.5. The van der Waals surface area contributed by atoms with E-state index in [4.69, 9.17) is 4.98 Å². The Kier molecular flexibility index (Phi) is 4.99. The molecule has 0 N–H and O–H groups in total. The molecule has 0 aliphatic carbocycles. The average molecular weight is 369 g/mol. The molecule has 0 aromatic carbocycles. The van der Waals surface area contributed by atoms with Crippen LogP contribution in [0.4, 0.5) is 11.8 Å². The standard InChI is InChI=1S/C18H23N7O2/c26-16-4-3-6-20-25(16)14-17(27)23-12-10-22(11-13-23)15-5-7-19-18(21-15)24-8-1-2-9-24/h3-7H,1-2,8-14H2. The number of piperazine rings is 1. The first-order chi connectivity index (χ1) is 13.2. The van der Waals surface area contributed by atoms with Crippen LogP contribution in [0.25, 0.3) is 0 Å². The highest BCUT2D eigenvalue weighted by atomic mass is 16.2. The monoisotopic (exact) mass is 369 g/mol. The fraction of sp³-hybridized carbons (Fsp3) is 0.500. The maximum Gasteiger partial charge on any atom is 0.267 e. The fourth-order valence-corrected chi connectivity index (χ4v) is 3.50. The molecule has 0 bridgehead atoms. The topological polar surface area (TPSA) is 87.5 Å². The molecule has 9 heteroatoms. The maximum atomic E-state index is 12.5. The van der Waals surface area contributed by atoms with Crippen molar-refractivity contribution < 1.29 is 4.79 Å². The summed E-state index contributed by atoms with van der Waals surface area (Å²) in [5.41, 5.74) is -0.264. The summed E-state index contributed by atoms with van der Waals surface area (Å²) in [7, 11) is 0. The molecule has 27 heavy (non-hydrogen) atoms. The molecule has 2 fully saturated rings. The van der Waals surface area contributed by atoms with E-state index in [0.717, 1.165) is 24.9 Å². The Hall–Kier alpha value is -2.97. The van der Waals surface area contributed by atoms with Crippen molar-refractivity contribution in [3.8, 4) is 0 Å². The highest BCUT2D eigenvalue weighted by Gasteiger charge is 2.23. The van der Waals surface area contributed by atoms with Gasteiger partial charge in [-0.25, -0.2) is 9.67 Å². The molecule has 0 saturated carbocycles. The van der Waals surface area contributed by atoms with Gasteiger partial charge < -0.3 is 14.7 Å². The number of hydrogen-bond acceptors (Lipinski definition) is 7. The van der Waals surface area contributed by atoms with Crippen LogP contribution in [0.5, 0.6) is 0 Å². The number of rotatable bonds is 4. The van der Waals surface area contributed by atoms with Gasteiger partial charge in [-0.2, -0.15) is 10.1 Å². The molecule has 9 nitrogen and oxygen atoms in total. The minimum atomic E-state index is -0.264. The Morgan fingerprint density at radius 2 is 1.74 bits per heavy atom. The smallest absolute Gasteiger partial charge is 0.267 e. The molecule has 2 saturated heterocycles. The van der Waals surface area contributed by atoms with Crippen LogP contribution >= 0.6 is 0 Å². The number of anilines is 2. The summed E-state index contributed by atoms with van der Waals surface area (Å²) in [6, 6.07) is 4.90. The van der Waals surface area contributed by atoms with Crippen molar-refractivity contribution in [2.24, 2.45) is 0 Å². The predicted octanol–water partition coefficient (Wildman–Crippen LogP) is -0.0177. The molecule has 2 aliphatic heterocycles. The molecule has 2 aromatic heterocycles. The minimum absolute atomic E-state index is 0.0215. The SMILES string of the molecule is O=C(Cn1ncccc1=O)N1CCN(c2ccnc(N3CCCC3)n2)CC1. The first-order valence-electron chi connectivity index (χ1n) is 9.33. The van der Waals surface area contributed by atoms with Crippen LogP contribution in [0.2, 0.25) is 0 Å². The van der Waals surface area contributed by atoms with Gasteiger partial charge in [0.1, 0.15) is 12.4 Å². The van der Waals surface area contributed by atoms with Crippen molar-refractivity contribution in [3.05, 3.63) is 40.9 Å².